The van der Waals surface area contributed by atoms with E-state index in [1.807, 2.05) is 32.0 Å². The van der Waals surface area contributed by atoms with E-state index in [1.165, 1.54) is 5.56 Å². The molecule has 48 heavy (non-hydrogen) atoms. The molecule has 0 spiro atoms. The summed E-state index contributed by atoms with van der Waals surface area (Å²) in [6.07, 6.45) is 2.31. The number of hydrogen-bond donors (Lipinski definition) is 3. The molecule has 2 aliphatic rings. The lowest BCUT2D eigenvalue weighted by molar-refractivity contribution is -0.0177. The number of carbonyl (C=O) groups is 2. The molecular formula is C37H48N4O7. The molecule has 3 amide bonds. The molecule has 3 N–H and O–H groups in total. The van der Waals surface area contributed by atoms with Crippen molar-refractivity contribution in [1.82, 2.24) is 9.80 Å². The van der Waals surface area contributed by atoms with E-state index in [4.69, 9.17) is 18.9 Å². The second-order valence-electron chi connectivity index (χ2n) is 12.8. The van der Waals surface area contributed by atoms with Gasteiger partial charge < -0.3 is 39.6 Å². The first-order valence-electron chi connectivity index (χ1n) is 16.7. The van der Waals surface area contributed by atoms with Crippen molar-refractivity contribution in [1.29, 1.82) is 0 Å². The third kappa shape index (κ3) is 9.40. The zero-order valence-electron chi connectivity index (χ0n) is 28.3. The number of anilines is 2. The topological polar surface area (TPSA) is 122 Å². The van der Waals surface area contributed by atoms with E-state index in [2.05, 4.69) is 41.6 Å². The first kappa shape index (κ1) is 35.0. The van der Waals surface area contributed by atoms with Crippen LogP contribution >= 0.6 is 0 Å². The predicted octanol–water partition coefficient (Wildman–Crippen LogP) is 5.99. The summed E-state index contributed by atoms with van der Waals surface area (Å²) in [4.78, 5) is 31.3. The monoisotopic (exact) mass is 660 g/mol. The average Bonchev–Trinajstić information content (AvgIpc) is 3.54. The summed E-state index contributed by atoms with van der Waals surface area (Å²) < 4.78 is 23.6. The van der Waals surface area contributed by atoms with Crippen molar-refractivity contribution < 1.29 is 33.6 Å². The minimum Gasteiger partial charge on any atom is -0.490 e. The highest BCUT2D eigenvalue weighted by Gasteiger charge is 2.30. The Bertz CT molecular complexity index is 1520. The number of nitrogens with one attached hydrogen (secondary N) is 2. The molecule has 0 aliphatic carbocycles. The van der Waals surface area contributed by atoms with Crippen molar-refractivity contribution in [2.45, 2.75) is 64.8 Å². The largest absolute Gasteiger partial charge is 0.490 e. The van der Waals surface area contributed by atoms with Gasteiger partial charge in [0.1, 0.15) is 5.75 Å². The number of likely N-dealkylation sites (N-methyl/N-ethyl adjacent to an activating group) is 1. The maximum atomic E-state index is 14.4. The Morgan fingerprint density at radius 3 is 2.44 bits per heavy atom. The lowest BCUT2D eigenvalue weighted by atomic mass is 10.0. The molecule has 3 aromatic carbocycles. The van der Waals surface area contributed by atoms with Gasteiger partial charge in [-0.3, -0.25) is 9.69 Å². The van der Waals surface area contributed by atoms with Crippen LogP contribution in [0.1, 0.15) is 56.0 Å². The lowest BCUT2D eigenvalue weighted by Crippen LogP contribution is -2.47. The van der Waals surface area contributed by atoms with E-state index in [0.29, 0.717) is 53.9 Å². The fraction of sp³-hybridized carbons (Fsp3) is 0.459. The molecule has 2 heterocycles. The van der Waals surface area contributed by atoms with Crippen LogP contribution in [0.15, 0.2) is 66.7 Å². The Balaban J connectivity index is 1.36. The summed E-state index contributed by atoms with van der Waals surface area (Å²) in [7, 11) is 2.08. The number of urea groups is 1. The smallest absolute Gasteiger partial charge is 0.323 e. The normalized spacial score (nSPS) is 20.8. The van der Waals surface area contributed by atoms with E-state index in [1.54, 1.807) is 41.3 Å². The van der Waals surface area contributed by atoms with E-state index in [0.717, 1.165) is 25.8 Å². The van der Waals surface area contributed by atoms with Crippen molar-refractivity contribution in [3.8, 4) is 17.2 Å². The van der Waals surface area contributed by atoms with E-state index >= 15 is 0 Å². The summed E-state index contributed by atoms with van der Waals surface area (Å²) in [5.41, 5.74) is 2.49. The quantitative estimate of drug-likeness (QED) is 0.270. The number of rotatable bonds is 8. The summed E-state index contributed by atoms with van der Waals surface area (Å²) in [6, 6.07) is 19.6. The lowest BCUT2D eigenvalue weighted by Gasteiger charge is -2.36. The molecule has 4 atom stereocenters. The second-order valence-corrected chi connectivity index (χ2v) is 12.8. The molecule has 2 aliphatic heterocycles. The number of benzene rings is 3. The van der Waals surface area contributed by atoms with Crippen LogP contribution < -0.4 is 24.8 Å². The molecule has 0 bridgehead atoms. The van der Waals surface area contributed by atoms with Crippen LogP contribution in [0.3, 0.4) is 0 Å². The van der Waals surface area contributed by atoms with Gasteiger partial charge in [-0.2, -0.15) is 0 Å². The van der Waals surface area contributed by atoms with Gasteiger partial charge in [-0.25, -0.2) is 4.79 Å². The number of nitrogens with zero attached hydrogens (tertiary/aromatic N) is 2. The zero-order chi connectivity index (χ0) is 34.0. The number of aliphatic hydroxyl groups is 1. The standard InChI is InChI=1S/C37H48N4O7/c1-25-20-41(26(2)23-42)36(43)31-18-29(38-37(44)39-30-14-16-33-34(19-30)47-24-46-33)13-15-32(31)48-27(3)10-8-9-17-45-35(25)22-40(4)21-28-11-6-5-7-12-28/h5-7,11-16,18-19,25-27,35,42H,8-10,17,20-24H2,1-4H3,(H2,38,39,44)/t25-,26-,27+,35-/m0/s1. The molecular weight excluding hydrogens is 612 g/mol. The number of hydrogen-bond acceptors (Lipinski definition) is 8. The summed E-state index contributed by atoms with van der Waals surface area (Å²) in [5.74, 6) is 1.27. The minimum absolute atomic E-state index is 0.0406. The maximum Gasteiger partial charge on any atom is 0.323 e. The van der Waals surface area contributed by atoms with Gasteiger partial charge >= 0.3 is 6.03 Å². The summed E-state index contributed by atoms with van der Waals surface area (Å²) >= 11 is 0. The first-order valence-corrected chi connectivity index (χ1v) is 16.7. The fourth-order valence-corrected chi connectivity index (χ4v) is 6.00. The molecule has 0 unspecified atom stereocenters. The SMILES string of the molecule is C[C@@H]1CCCCO[C@@H](CN(C)Cc2ccccc2)[C@@H](C)CN([C@@H](C)CO)C(=O)c2cc(NC(=O)Nc3ccc4c(c3)OCO4)ccc2O1. The zero-order valence-corrected chi connectivity index (χ0v) is 28.3. The second kappa shape index (κ2) is 16.7. The Labute approximate surface area is 283 Å². The van der Waals surface area contributed by atoms with E-state index in [-0.39, 0.29) is 37.4 Å². The average molecular weight is 661 g/mol. The Morgan fingerprint density at radius 2 is 1.69 bits per heavy atom. The molecule has 0 fully saturated rings. The highest BCUT2D eigenvalue weighted by Crippen LogP contribution is 2.34. The van der Waals surface area contributed by atoms with Crippen molar-refractivity contribution in [3.05, 3.63) is 77.9 Å². The van der Waals surface area contributed by atoms with E-state index < -0.39 is 12.1 Å². The van der Waals surface area contributed by atoms with Crippen molar-refractivity contribution >= 4 is 23.3 Å². The van der Waals surface area contributed by atoms with Gasteiger partial charge in [0.15, 0.2) is 11.5 Å². The van der Waals surface area contributed by atoms with Crippen molar-refractivity contribution in [3.63, 3.8) is 0 Å². The number of fused-ring (bicyclic) bond motifs is 2. The van der Waals surface area contributed by atoms with Gasteiger partial charge in [0, 0.05) is 49.6 Å². The molecule has 3 aromatic rings. The van der Waals surface area contributed by atoms with Crippen LogP contribution in [-0.2, 0) is 11.3 Å². The molecule has 0 aromatic heterocycles. The third-order valence-electron chi connectivity index (χ3n) is 8.73. The molecule has 0 saturated carbocycles. The van der Waals surface area contributed by atoms with Crippen LogP contribution in [0, 0.1) is 5.92 Å². The highest BCUT2D eigenvalue weighted by molar-refractivity contribution is 6.02. The van der Waals surface area contributed by atoms with Gasteiger partial charge in [0.05, 0.1) is 30.4 Å². The van der Waals surface area contributed by atoms with Crippen LogP contribution in [0.4, 0.5) is 16.2 Å². The molecule has 11 nitrogen and oxygen atoms in total. The molecule has 11 heteroatoms. The van der Waals surface area contributed by atoms with Gasteiger partial charge in [-0.1, -0.05) is 37.3 Å². The molecule has 0 radical (unpaired) electrons. The van der Waals surface area contributed by atoms with Gasteiger partial charge in [-0.15, -0.1) is 0 Å². The molecule has 5 rings (SSSR count). The fourth-order valence-electron chi connectivity index (χ4n) is 6.00. The van der Waals surface area contributed by atoms with Gasteiger partial charge in [0.25, 0.3) is 5.91 Å². The first-order chi connectivity index (χ1) is 23.2. The molecule has 258 valence electrons. The summed E-state index contributed by atoms with van der Waals surface area (Å²) in [6.45, 7) is 8.29. The number of carbonyl (C=O) groups excluding carboxylic acids is 2. The maximum absolute atomic E-state index is 14.4. The van der Waals surface area contributed by atoms with Crippen molar-refractivity contribution in [2.24, 2.45) is 5.92 Å². The van der Waals surface area contributed by atoms with Gasteiger partial charge in [0.2, 0.25) is 6.79 Å². The van der Waals surface area contributed by atoms with Crippen LogP contribution in [-0.4, -0.2) is 85.2 Å². The van der Waals surface area contributed by atoms with Gasteiger partial charge in [-0.05, 0) is 76.1 Å². The number of ether oxygens (including phenoxy) is 4. The van der Waals surface area contributed by atoms with Crippen LogP contribution in [0.2, 0.25) is 0 Å². The van der Waals surface area contributed by atoms with Crippen molar-refractivity contribution in [2.75, 3.05) is 50.8 Å². The number of amides is 3. The minimum atomic E-state index is -0.481. The highest BCUT2D eigenvalue weighted by atomic mass is 16.7. The van der Waals surface area contributed by atoms with Crippen LogP contribution in [0.25, 0.3) is 0 Å². The Kier molecular flexibility index (Phi) is 12.2. The number of aliphatic hydroxyl groups excluding tert-OH is 1. The Morgan fingerprint density at radius 1 is 0.979 bits per heavy atom. The third-order valence-corrected chi connectivity index (χ3v) is 8.73. The van der Waals surface area contributed by atoms with Crippen LogP contribution in [0.5, 0.6) is 17.2 Å². The summed E-state index contributed by atoms with van der Waals surface area (Å²) in [5, 5.41) is 15.9. The predicted molar refractivity (Wildman–Crippen MR) is 185 cm³/mol. The van der Waals surface area contributed by atoms with E-state index in [9.17, 15) is 14.7 Å². The Hall–Kier alpha value is -4.32. The molecule has 0 saturated heterocycles.